The third kappa shape index (κ3) is 3.55. The van der Waals surface area contributed by atoms with Gasteiger partial charge < -0.3 is 10.1 Å². The van der Waals surface area contributed by atoms with Gasteiger partial charge in [-0.15, -0.1) is 0 Å². The van der Waals surface area contributed by atoms with E-state index in [4.69, 9.17) is 4.74 Å². The van der Waals surface area contributed by atoms with Gasteiger partial charge in [0.2, 0.25) is 0 Å². The largest absolute Gasteiger partial charge is 0.497 e. The number of rotatable bonds is 5. The summed E-state index contributed by atoms with van der Waals surface area (Å²) in [6.45, 7) is 4.67. The molecule has 0 unspecified atom stereocenters. The molecule has 134 valence electrons. The van der Waals surface area contributed by atoms with Crippen LogP contribution < -0.4 is 10.1 Å². The molecule has 2 aromatic rings. The topological polar surface area (TPSA) is 56.2 Å². The number of amides is 1. The van der Waals surface area contributed by atoms with E-state index in [1.165, 1.54) is 6.42 Å². The van der Waals surface area contributed by atoms with Gasteiger partial charge in [-0.1, -0.05) is 31.4 Å². The molecule has 0 aliphatic heterocycles. The number of carbonyl (C=O) groups is 1. The maximum Gasteiger partial charge on any atom is 0.255 e. The molecule has 0 bridgehead atoms. The standard InChI is InChI=1S/C20H27N3O2/c1-4-23-14-18(15(2)22-23)19(24)21-20(12-6-5-7-13-20)16-8-10-17(25-3)11-9-16/h8-11,14H,4-7,12-13H2,1-3H3,(H,21,24). The molecule has 25 heavy (non-hydrogen) atoms. The summed E-state index contributed by atoms with van der Waals surface area (Å²) < 4.78 is 7.08. The van der Waals surface area contributed by atoms with Gasteiger partial charge in [0.05, 0.1) is 23.9 Å². The average Bonchev–Trinajstić information content (AvgIpc) is 3.03. The lowest BCUT2D eigenvalue weighted by atomic mass is 9.76. The molecule has 1 N–H and O–H groups in total. The smallest absolute Gasteiger partial charge is 0.255 e. The third-order valence-corrected chi connectivity index (χ3v) is 5.22. The normalized spacial score (nSPS) is 16.4. The Bertz CT molecular complexity index is 728. The van der Waals surface area contributed by atoms with Crippen molar-refractivity contribution in [2.45, 2.75) is 58.0 Å². The SMILES string of the molecule is CCn1cc(C(=O)NC2(c3ccc(OC)cc3)CCCCC2)c(C)n1. The van der Waals surface area contributed by atoms with Crippen molar-refractivity contribution in [3.05, 3.63) is 47.3 Å². The van der Waals surface area contributed by atoms with Crippen molar-refractivity contribution in [1.29, 1.82) is 0 Å². The van der Waals surface area contributed by atoms with Crippen molar-refractivity contribution in [3.8, 4) is 5.75 Å². The Labute approximate surface area is 149 Å². The Balaban J connectivity index is 1.89. The molecule has 5 heteroatoms. The van der Waals surface area contributed by atoms with Crippen LogP contribution in [-0.2, 0) is 12.1 Å². The first kappa shape index (κ1) is 17.5. The van der Waals surface area contributed by atoms with E-state index in [0.717, 1.165) is 49.2 Å². The second kappa shape index (κ2) is 7.30. The second-order valence-corrected chi connectivity index (χ2v) is 6.81. The van der Waals surface area contributed by atoms with E-state index in [2.05, 4.69) is 22.5 Å². The maximum absolute atomic E-state index is 13.0. The number of ether oxygens (including phenoxy) is 1. The number of benzene rings is 1. The fraction of sp³-hybridized carbons (Fsp3) is 0.500. The molecular weight excluding hydrogens is 314 g/mol. The van der Waals surface area contributed by atoms with Crippen LogP contribution in [0.15, 0.2) is 30.5 Å². The summed E-state index contributed by atoms with van der Waals surface area (Å²) in [4.78, 5) is 13.0. The number of aromatic nitrogens is 2. The van der Waals surface area contributed by atoms with Gasteiger partial charge in [-0.2, -0.15) is 5.10 Å². The van der Waals surface area contributed by atoms with E-state index in [-0.39, 0.29) is 11.4 Å². The molecule has 1 aromatic heterocycles. The Morgan fingerprint density at radius 1 is 1.24 bits per heavy atom. The summed E-state index contributed by atoms with van der Waals surface area (Å²) in [5.41, 5.74) is 2.30. The predicted octanol–water partition coefficient (Wildman–Crippen LogP) is 3.81. The molecule has 1 heterocycles. The Hall–Kier alpha value is -2.30. The first-order valence-electron chi connectivity index (χ1n) is 9.09. The highest BCUT2D eigenvalue weighted by atomic mass is 16.5. The van der Waals surface area contributed by atoms with Crippen LogP contribution in [0.1, 0.15) is 60.6 Å². The Morgan fingerprint density at radius 2 is 1.92 bits per heavy atom. The van der Waals surface area contributed by atoms with Gasteiger partial charge in [-0.25, -0.2) is 0 Å². The van der Waals surface area contributed by atoms with Crippen LogP contribution in [0.2, 0.25) is 0 Å². The number of aryl methyl sites for hydroxylation is 2. The van der Waals surface area contributed by atoms with Gasteiger partial charge >= 0.3 is 0 Å². The lowest BCUT2D eigenvalue weighted by Crippen LogP contribution is -2.47. The summed E-state index contributed by atoms with van der Waals surface area (Å²) in [5, 5.41) is 7.75. The van der Waals surface area contributed by atoms with E-state index >= 15 is 0 Å². The van der Waals surface area contributed by atoms with Gasteiger partial charge in [0, 0.05) is 12.7 Å². The number of hydrogen-bond donors (Lipinski definition) is 1. The van der Waals surface area contributed by atoms with Crippen LogP contribution in [0.3, 0.4) is 0 Å². The zero-order valence-electron chi connectivity index (χ0n) is 15.3. The van der Waals surface area contributed by atoms with E-state index in [1.807, 2.05) is 36.9 Å². The van der Waals surface area contributed by atoms with Crippen LogP contribution in [-0.4, -0.2) is 22.8 Å². The molecule has 1 aliphatic rings. The van der Waals surface area contributed by atoms with Gasteiger partial charge in [0.25, 0.3) is 5.91 Å². The van der Waals surface area contributed by atoms with Crippen LogP contribution in [0, 0.1) is 6.92 Å². The Morgan fingerprint density at radius 3 is 2.48 bits per heavy atom. The fourth-order valence-corrected chi connectivity index (χ4v) is 3.74. The predicted molar refractivity (Wildman–Crippen MR) is 97.9 cm³/mol. The Kier molecular flexibility index (Phi) is 5.11. The van der Waals surface area contributed by atoms with Crippen LogP contribution in [0.25, 0.3) is 0 Å². The molecule has 1 aliphatic carbocycles. The molecule has 0 spiro atoms. The highest BCUT2D eigenvalue weighted by Gasteiger charge is 2.36. The number of methoxy groups -OCH3 is 1. The molecule has 1 fully saturated rings. The summed E-state index contributed by atoms with van der Waals surface area (Å²) in [5.74, 6) is 0.802. The monoisotopic (exact) mass is 341 g/mol. The van der Waals surface area contributed by atoms with Crippen molar-refractivity contribution in [3.63, 3.8) is 0 Å². The number of nitrogens with zero attached hydrogens (tertiary/aromatic N) is 2. The molecule has 0 atom stereocenters. The minimum absolute atomic E-state index is 0.0325. The van der Waals surface area contributed by atoms with E-state index in [0.29, 0.717) is 5.56 Å². The van der Waals surface area contributed by atoms with Gasteiger partial charge in [0.1, 0.15) is 5.75 Å². The van der Waals surface area contributed by atoms with Crippen molar-refractivity contribution in [1.82, 2.24) is 15.1 Å². The minimum atomic E-state index is -0.303. The summed E-state index contributed by atoms with van der Waals surface area (Å²) >= 11 is 0. The average molecular weight is 341 g/mol. The summed E-state index contributed by atoms with van der Waals surface area (Å²) in [6.07, 6.45) is 7.24. The van der Waals surface area contributed by atoms with Crippen molar-refractivity contribution in [2.75, 3.05) is 7.11 Å². The zero-order valence-corrected chi connectivity index (χ0v) is 15.3. The highest BCUT2D eigenvalue weighted by molar-refractivity contribution is 5.95. The fourth-order valence-electron chi connectivity index (χ4n) is 3.74. The van der Waals surface area contributed by atoms with Crippen molar-refractivity contribution >= 4 is 5.91 Å². The summed E-state index contributed by atoms with van der Waals surface area (Å²) in [7, 11) is 1.67. The van der Waals surface area contributed by atoms with E-state index in [1.54, 1.807) is 7.11 Å². The number of nitrogens with one attached hydrogen (secondary N) is 1. The minimum Gasteiger partial charge on any atom is -0.497 e. The summed E-state index contributed by atoms with van der Waals surface area (Å²) in [6, 6.07) is 8.09. The van der Waals surface area contributed by atoms with Crippen molar-refractivity contribution in [2.24, 2.45) is 0 Å². The number of hydrogen-bond acceptors (Lipinski definition) is 3. The molecule has 5 nitrogen and oxygen atoms in total. The van der Waals surface area contributed by atoms with E-state index in [9.17, 15) is 4.79 Å². The van der Waals surface area contributed by atoms with Gasteiger partial charge in [-0.3, -0.25) is 9.48 Å². The molecular formula is C20H27N3O2. The molecule has 3 rings (SSSR count). The first-order valence-corrected chi connectivity index (χ1v) is 9.09. The third-order valence-electron chi connectivity index (χ3n) is 5.22. The molecule has 0 saturated heterocycles. The van der Waals surface area contributed by atoms with Crippen LogP contribution in [0.5, 0.6) is 5.75 Å². The maximum atomic E-state index is 13.0. The molecule has 1 saturated carbocycles. The molecule has 0 radical (unpaired) electrons. The first-order chi connectivity index (χ1) is 12.1. The quantitative estimate of drug-likeness (QED) is 0.900. The lowest BCUT2D eigenvalue weighted by Gasteiger charge is -2.38. The van der Waals surface area contributed by atoms with Crippen molar-refractivity contribution < 1.29 is 9.53 Å². The van der Waals surface area contributed by atoms with Gasteiger partial charge in [-0.05, 0) is 44.4 Å². The van der Waals surface area contributed by atoms with Gasteiger partial charge in [0.15, 0.2) is 0 Å². The van der Waals surface area contributed by atoms with Crippen LogP contribution >= 0.6 is 0 Å². The highest BCUT2D eigenvalue weighted by Crippen LogP contribution is 2.38. The zero-order chi connectivity index (χ0) is 17.9. The lowest BCUT2D eigenvalue weighted by molar-refractivity contribution is 0.0865. The van der Waals surface area contributed by atoms with E-state index < -0.39 is 0 Å². The number of carbonyl (C=O) groups excluding carboxylic acids is 1. The van der Waals surface area contributed by atoms with Crippen LogP contribution in [0.4, 0.5) is 0 Å². The second-order valence-electron chi connectivity index (χ2n) is 6.81. The molecule has 1 amide bonds. The molecule has 1 aromatic carbocycles.